The Bertz CT molecular complexity index is 1220. The number of amides is 1. The van der Waals surface area contributed by atoms with Crippen LogP contribution in [0, 0.1) is 5.82 Å². The van der Waals surface area contributed by atoms with E-state index < -0.39 is 11.5 Å². The van der Waals surface area contributed by atoms with Crippen LogP contribution in [0.1, 0.15) is 27.0 Å². The lowest BCUT2D eigenvalue weighted by molar-refractivity contribution is -0.0545. The highest BCUT2D eigenvalue weighted by atomic mass is 19.1. The largest absolute Gasteiger partial charge is 0.363 e. The number of aromatic amines is 1. The molecule has 1 aliphatic heterocycles. The van der Waals surface area contributed by atoms with E-state index in [1.165, 1.54) is 11.0 Å². The SMILES string of the molecule is O=C1c2ccccc2C(O)(c2ccc3nc[nH]c3c2)N1Cc1ccccc1F. The number of imidazole rings is 1. The number of carbonyl (C=O) groups is 1. The van der Waals surface area contributed by atoms with E-state index in [4.69, 9.17) is 0 Å². The summed E-state index contributed by atoms with van der Waals surface area (Å²) < 4.78 is 14.3. The maximum atomic E-state index is 14.3. The van der Waals surface area contributed by atoms with Crippen molar-refractivity contribution >= 4 is 16.9 Å². The molecule has 1 aromatic heterocycles. The highest BCUT2D eigenvalue weighted by Crippen LogP contribution is 2.43. The van der Waals surface area contributed by atoms with E-state index in [0.717, 1.165) is 11.0 Å². The molecular formula is C22H16FN3O2. The van der Waals surface area contributed by atoms with Crippen molar-refractivity contribution in [1.82, 2.24) is 14.9 Å². The number of carbonyl (C=O) groups excluding carboxylic acids is 1. The van der Waals surface area contributed by atoms with Gasteiger partial charge in [0, 0.05) is 22.3 Å². The van der Waals surface area contributed by atoms with Crippen molar-refractivity contribution in [2.24, 2.45) is 0 Å². The predicted octanol–water partition coefficient (Wildman–Crippen LogP) is 3.55. The van der Waals surface area contributed by atoms with Crippen LogP contribution < -0.4 is 0 Å². The topological polar surface area (TPSA) is 69.2 Å². The summed E-state index contributed by atoms with van der Waals surface area (Å²) in [5.74, 6) is -0.760. The van der Waals surface area contributed by atoms with Gasteiger partial charge in [-0.2, -0.15) is 0 Å². The van der Waals surface area contributed by atoms with E-state index in [-0.39, 0.29) is 12.5 Å². The van der Waals surface area contributed by atoms with Crippen molar-refractivity contribution in [1.29, 1.82) is 0 Å². The third-order valence-corrected chi connectivity index (χ3v) is 5.28. The number of halogens is 1. The third-order valence-electron chi connectivity index (χ3n) is 5.28. The first-order chi connectivity index (χ1) is 13.6. The smallest absolute Gasteiger partial charge is 0.257 e. The third kappa shape index (κ3) is 2.28. The summed E-state index contributed by atoms with van der Waals surface area (Å²) >= 11 is 0. The predicted molar refractivity (Wildman–Crippen MR) is 102 cm³/mol. The second-order valence-corrected chi connectivity index (χ2v) is 6.83. The molecule has 1 amide bonds. The molecule has 0 spiro atoms. The Kier molecular flexibility index (Phi) is 3.57. The zero-order valence-electron chi connectivity index (χ0n) is 14.8. The summed E-state index contributed by atoms with van der Waals surface area (Å²) in [4.78, 5) is 21.7. The van der Waals surface area contributed by atoms with Crippen molar-refractivity contribution in [3.8, 4) is 0 Å². The molecule has 0 bridgehead atoms. The van der Waals surface area contributed by atoms with Gasteiger partial charge in [0.1, 0.15) is 5.82 Å². The van der Waals surface area contributed by atoms with Crippen LogP contribution in [0.2, 0.25) is 0 Å². The van der Waals surface area contributed by atoms with Gasteiger partial charge in [-0.25, -0.2) is 9.37 Å². The lowest BCUT2D eigenvalue weighted by Crippen LogP contribution is -2.44. The lowest BCUT2D eigenvalue weighted by atomic mass is 9.93. The van der Waals surface area contributed by atoms with Crippen molar-refractivity contribution in [2.45, 2.75) is 12.3 Å². The van der Waals surface area contributed by atoms with Crippen molar-refractivity contribution < 1.29 is 14.3 Å². The van der Waals surface area contributed by atoms with Crippen LogP contribution in [0.25, 0.3) is 11.0 Å². The van der Waals surface area contributed by atoms with E-state index in [1.54, 1.807) is 67.0 Å². The summed E-state index contributed by atoms with van der Waals surface area (Å²) in [6.07, 6.45) is 1.57. The number of hydrogen-bond acceptors (Lipinski definition) is 3. The van der Waals surface area contributed by atoms with Crippen LogP contribution in [0.4, 0.5) is 4.39 Å². The number of nitrogens with zero attached hydrogens (tertiary/aromatic N) is 2. The number of fused-ring (bicyclic) bond motifs is 2. The minimum absolute atomic E-state index is 0.0578. The molecule has 1 atom stereocenters. The highest BCUT2D eigenvalue weighted by molar-refractivity contribution is 6.00. The van der Waals surface area contributed by atoms with Gasteiger partial charge in [-0.05, 0) is 24.3 Å². The molecule has 3 aromatic carbocycles. The molecule has 0 fully saturated rings. The zero-order chi connectivity index (χ0) is 19.3. The molecule has 2 heterocycles. The fourth-order valence-electron chi connectivity index (χ4n) is 3.86. The van der Waals surface area contributed by atoms with Crippen LogP contribution >= 0.6 is 0 Å². The van der Waals surface area contributed by atoms with Crippen molar-refractivity contribution in [3.05, 3.63) is 101 Å². The molecule has 0 aliphatic carbocycles. The van der Waals surface area contributed by atoms with Crippen LogP contribution in [0.15, 0.2) is 73.1 Å². The molecule has 138 valence electrons. The molecule has 0 saturated carbocycles. The van der Waals surface area contributed by atoms with Gasteiger partial charge in [-0.3, -0.25) is 9.69 Å². The van der Waals surface area contributed by atoms with Gasteiger partial charge in [0.2, 0.25) is 0 Å². The summed E-state index contributed by atoms with van der Waals surface area (Å²) in [6, 6.07) is 18.5. The van der Waals surface area contributed by atoms with Crippen LogP contribution in [-0.2, 0) is 12.3 Å². The number of benzene rings is 3. The minimum atomic E-state index is -1.71. The zero-order valence-corrected chi connectivity index (χ0v) is 14.8. The average molecular weight is 373 g/mol. The summed E-state index contributed by atoms with van der Waals surface area (Å²) in [6.45, 7) is -0.0578. The van der Waals surface area contributed by atoms with Crippen LogP contribution in [0.3, 0.4) is 0 Å². The molecule has 1 aliphatic rings. The highest BCUT2D eigenvalue weighted by Gasteiger charge is 2.49. The second kappa shape index (κ2) is 6.00. The Morgan fingerprint density at radius 3 is 2.71 bits per heavy atom. The van der Waals surface area contributed by atoms with Gasteiger partial charge >= 0.3 is 0 Å². The van der Waals surface area contributed by atoms with Crippen molar-refractivity contribution in [3.63, 3.8) is 0 Å². The number of nitrogens with one attached hydrogen (secondary N) is 1. The van der Waals surface area contributed by atoms with Crippen LogP contribution in [-0.4, -0.2) is 25.9 Å². The lowest BCUT2D eigenvalue weighted by Gasteiger charge is -2.35. The average Bonchev–Trinajstić information content (AvgIpc) is 3.27. The molecule has 6 heteroatoms. The molecule has 4 aromatic rings. The number of aromatic nitrogens is 2. The summed E-state index contributed by atoms with van der Waals surface area (Å²) in [5.41, 5.74) is 1.53. The number of aliphatic hydroxyl groups is 1. The van der Waals surface area contributed by atoms with Gasteiger partial charge in [0.05, 0.1) is 23.9 Å². The first-order valence-corrected chi connectivity index (χ1v) is 8.90. The monoisotopic (exact) mass is 373 g/mol. The molecular weight excluding hydrogens is 357 g/mol. The maximum absolute atomic E-state index is 14.3. The molecule has 2 N–H and O–H groups in total. The standard InChI is InChI=1S/C22H16FN3O2/c23-18-8-4-1-5-14(18)12-26-21(27)16-6-2-3-7-17(16)22(26,28)15-9-10-19-20(11-15)25-13-24-19/h1-11,13,28H,12H2,(H,24,25). The number of H-pyrrole nitrogens is 1. The van der Waals surface area contributed by atoms with E-state index in [2.05, 4.69) is 9.97 Å². The molecule has 5 rings (SSSR count). The number of rotatable bonds is 3. The molecule has 28 heavy (non-hydrogen) atoms. The first-order valence-electron chi connectivity index (χ1n) is 8.90. The van der Waals surface area contributed by atoms with E-state index >= 15 is 0 Å². The molecule has 0 saturated heterocycles. The molecule has 0 radical (unpaired) electrons. The minimum Gasteiger partial charge on any atom is -0.363 e. The van der Waals surface area contributed by atoms with E-state index in [9.17, 15) is 14.3 Å². The first kappa shape index (κ1) is 16.6. The Hall–Kier alpha value is -3.51. The van der Waals surface area contributed by atoms with Gasteiger partial charge in [0.25, 0.3) is 5.91 Å². The Morgan fingerprint density at radius 2 is 1.86 bits per heavy atom. The van der Waals surface area contributed by atoms with Gasteiger partial charge < -0.3 is 10.1 Å². The normalized spacial score (nSPS) is 18.6. The van der Waals surface area contributed by atoms with Gasteiger partial charge in [-0.1, -0.05) is 42.5 Å². The van der Waals surface area contributed by atoms with Gasteiger partial charge in [0.15, 0.2) is 5.72 Å². The number of hydrogen-bond donors (Lipinski definition) is 2. The second-order valence-electron chi connectivity index (χ2n) is 6.83. The fraction of sp³-hybridized carbons (Fsp3) is 0.0909. The summed E-state index contributed by atoms with van der Waals surface area (Å²) in [5, 5.41) is 11.8. The Morgan fingerprint density at radius 1 is 1.07 bits per heavy atom. The van der Waals surface area contributed by atoms with Gasteiger partial charge in [-0.15, -0.1) is 0 Å². The van der Waals surface area contributed by atoms with E-state index in [0.29, 0.717) is 22.3 Å². The molecule has 5 nitrogen and oxygen atoms in total. The maximum Gasteiger partial charge on any atom is 0.257 e. The Balaban J connectivity index is 1.70. The quantitative estimate of drug-likeness (QED) is 0.577. The fourth-order valence-corrected chi connectivity index (χ4v) is 3.86. The van der Waals surface area contributed by atoms with Crippen molar-refractivity contribution in [2.75, 3.05) is 0 Å². The summed E-state index contributed by atoms with van der Waals surface area (Å²) in [7, 11) is 0. The van der Waals surface area contributed by atoms with Crippen LogP contribution in [0.5, 0.6) is 0 Å². The Labute approximate surface area is 160 Å². The van der Waals surface area contributed by atoms with E-state index in [1.807, 2.05) is 0 Å². The molecule has 1 unspecified atom stereocenters.